The third kappa shape index (κ3) is 29.0. The molecule has 0 rings (SSSR count). The number of hydrogen-bond acceptors (Lipinski definition) is 2. The number of ether oxygens (including phenoxy) is 1. The third-order valence-electron chi connectivity index (χ3n) is 6.56. The second-order valence-corrected chi connectivity index (χ2v) is 10.1. The first-order chi connectivity index (χ1) is 16.8. The topological polar surface area (TPSA) is 26.3 Å². The average molecular weight is 477 g/mol. The molecule has 0 saturated heterocycles. The molecule has 0 spiro atoms. The van der Waals surface area contributed by atoms with Crippen LogP contribution in [0.5, 0.6) is 0 Å². The van der Waals surface area contributed by atoms with Crippen molar-refractivity contribution in [1.82, 2.24) is 0 Å². The lowest BCUT2D eigenvalue weighted by Crippen LogP contribution is -2.05. The molecule has 0 aliphatic heterocycles. The largest absolute Gasteiger partial charge is 0.466 e. The van der Waals surface area contributed by atoms with E-state index in [1.54, 1.807) is 0 Å². The number of carbonyl (C=O) groups excluding carboxylic acids is 1. The van der Waals surface area contributed by atoms with Gasteiger partial charge in [0.25, 0.3) is 0 Å². The average Bonchev–Trinajstić information content (AvgIpc) is 2.84. The minimum Gasteiger partial charge on any atom is -0.466 e. The molecular weight excluding hydrogens is 416 g/mol. The molecule has 0 amide bonds. The van der Waals surface area contributed by atoms with Crippen LogP contribution in [0.1, 0.15) is 168 Å². The molecule has 0 aromatic heterocycles. The Kier molecular flexibility index (Phi) is 29.1. The van der Waals surface area contributed by atoms with E-state index < -0.39 is 0 Å². The molecule has 0 radical (unpaired) electrons. The van der Waals surface area contributed by atoms with Gasteiger partial charge in [-0.05, 0) is 57.8 Å². The lowest BCUT2D eigenvalue weighted by atomic mass is 10.1. The molecule has 0 saturated carbocycles. The van der Waals surface area contributed by atoms with Crippen LogP contribution in [0.3, 0.4) is 0 Å². The van der Waals surface area contributed by atoms with Crippen LogP contribution in [0.4, 0.5) is 0 Å². The van der Waals surface area contributed by atoms with E-state index in [0.717, 1.165) is 19.3 Å². The summed E-state index contributed by atoms with van der Waals surface area (Å²) in [5.41, 5.74) is 0. The van der Waals surface area contributed by atoms with Gasteiger partial charge in [0, 0.05) is 6.42 Å². The summed E-state index contributed by atoms with van der Waals surface area (Å²) in [6.07, 6.45) is 39.3. The summed E-state index contributed by atoms with van der Waals surface area (Å²) in [5.74, 6) is 0.00611. The summed E-state index contributed by atoms with van der Waals surface area (Å²) in [5, 5.41) is 0. The van der Waals surface area contributed by atoms with E-state index in [1.807, 2.05) is 0 Å². The zero-order valence-corrected chi connectivity index (χ0v) is 23.3. The van der Waals surface area contributed by atoms with Crippen LogP contribution in [0.25, 0.3) is 0 Å². The Morgan fingerprint density at radius 1 is 0.471 bits per heavy atom. The Hall–Kier alpha value is -1.05. The number of esters is 1. The summed E-state index contributed by atoms with van der Waals surface area (Å²) in [6, 6.07) is 0. The predicted molar refractivity (Wildman–Crippen MR) is 151 cm³/mol. The zero-order chi connectivity index (χ0) is 24.8. The summed E-state index contributed by atoms with van der Waals surface area (Å²) in [6.45, 7) is 5.13. The minimum atomic E-state index is 0.00611. The van der Waals surface area contributed by atoms with E-state index >= 15 is 0 Å². The molecule has 0 aliphatic carbocycles. The van der Waals surface area contributed by atoms with E-state index in [0.29, 0.717) is 13.0 Å². The number of allylic oxidation sites excluding steroid dienone is 4. The molecule has 0 bridgehead atoms. The highest BCUT2D eigenvalue weighted by molar-refractivity contribution is 5.69. The Bertz CT molecular complexity index is 452. The summed E-state index contributed by atoms with van der Waals surface area (Å²) >= 11 is 0. The number of hydrogen-bond donors (Lipinski definition) is 0. The van der Waals surface area contributed by atoms with Gasteiger partial charge in [0.15, 0.2) is 0 Å². The van der Waals surface area contributed by atoms with Crippen LogP contribution in [0, 0.1) is 0 Å². The second-order valence-electron chi connectivity index (χ2n) is 10.1. The van der Waals surface area contributed by atoms with Gasteiger partial charge in [-0.2, -0.15) is 0 Å². The number of unbranched alkanes of at least 4 members (excludes halogenated alkanes) is 19. The fourth-order valence-electron chi connectivity index (χ4n) is 4.23. The number of rotatable bonds is 27. The highest BCUT2D eigenvalue weighted by atomic mass is 16.5. The highest BCUT2D eigenvalue weighted by Crippen LogP contribution is 2.11. The molecule has 0 unspecified atom stereocenters. The first-order valence-electron chi connectivity index (χ1n) is 15.3. The molecule has 0 aliphatic rings. The minimum absolute atomic E-state index is 0.00611. The Morgan fingerprint density at radius 2 is 0.853 bits per heavy atom. The molecule has 2 heteroatoms. The van der Waals surface area contributed by atoms with Gasteiger partial charge in [0.05, 0.1) is 6.61 Å². The van der Waals surface area contributed by atoms with E-state index in [9.17, 15) is 4.79 Å². The van der Waals surface area contributed by atoms with Gasteiger partial charge >= 0.3 is 5.97 Å². The first-order valence-corrected chi connectivity index (χ1v) is 15.3. The fraction of sp³-hybridized carbons (Fsp3) is 0.844. The normalized spacial score (nSPS) is 11.7. The molecular formula is C32H60O2. The van der Waals surface area contributed by atoms with E-state index in [2.05, 4.69) is 38.2 Å². The summed E-state index contributed by atoms with van der Waals surface area (Å²) in [7, 11) is 0. The molecule has 0 aromatic carbocycles. The SMILES string of the molecule is CCCCC=CCCCCCCCC(=O)OCCCCCCCCC=CCCCCCCCC. The van der Waals surface area contributed by atoms with Gasteiger partial charge in [-0.3, -0.25) is 4.79 Å². The van der Waals surface area contributed by atoms with Crippen LogP contribution < -0.4 is 0 Å². The number of carbonyl (C=O) groups is 1. The van der Waals surface area contributed by atoms with Gasteiger partial charge in [-0.1, -0.05) is 128 Å². The molecule has 0 aromatic rings. The van der Waals surface area contributed by atoms with Gasteiger partial charge in [-0.25, -0.2) is 0 Å². The van der Waals surface area contributed by atoms with Crippen molar-refractivity contribution in [3.05, 3.63) is 24.3 Å². The van der Waals surface area contributed by atoms with Crippen LogP contribution in [-0.2, 0) is 9.53 Å². The highest BCUT2D eigenvalue weighted by Gasteiger charge is 2.02. The second kappa shape index (κ2) is 30.0. The maximum atomic E-state index is 11.8. The van der Waals surface area contributed by atoms with Crippen molar-refractivity contribution in [3.8, 4) is 0 Å². The summed E-state index contributed by atoms with van der Waals surface area (Å²) in [4.78, 5) is 11.8. The lowest BCUT2D eigenvalue weighted by Gasteiger charge is -2.05. The van der Waals surface area contributed by atoms with Crippen molar-refractivity contribution < 1.29 is 9.53 Å². The van der Waals surface area contributed by atoms with Gasteiger partial charge in [0.2, 0.25) is 0 Å². The van der Waals surface area contributed by atoms with Crippen molar-refractivity contribution in [1.29, 1.82) is 0 Å². The fourth-order valence-corrected chi connectivity index (χ4v) is 4.23. The molecule has 0 heterocycles. The molecule has 0 atom stereocenters. The Labute approximate surface area is 214 Å². The van der Waals surface area contributed by atoms with Crippen molar-refractivity contribution in [3.63, 3.8) is 0 Å². The molecule has 2 nitrogen and oxygen atoms in total. The van der Waals surface area contributed by atoms with Gasteiger partial charge in [0.1, 0.15) is 0 Å². The van der Waals surface area contributed by atoms with Crippen molar-refractivity contribution in [2.75, 3.05) is 6.61 Å². The Balaban J connectivity index is 3.22. The Morgan fingerprint density at radius 3 is 1.35 bits per heavy atom. The van der Waals surface area contributed by atoms with Crippen LogP contribution >= 0.6 is 0 Å². The monoisotopic (exact) mass is 476 g/mol. The smallest absolute Gasteiger partial charge is 0.305 e. The van der Waals surface area contributed by atoms with Crippen molar-refractivity contribution in [2.24, 2.45) is 0 Å². The third-order valence-corrected chi connectivity index (χ3v) is 6.56. The summed E-state index contributed by atoms with van der Waals surface area (Å²) < 4.78 is 5.40. The standard InChI is InChI=1S/C32H60O2/c1-3-5-7-9-11-13-15-16-17-18-19-21-23-25-27-29-31-34-32(33)30-28-26-24-22-20-14-12-10-8-6-4-2/h10,12,16-17H,3-9,11,13-15,18-31H2,1-2H3. The predicted octanol–water partition coefficient (Wildman–Crippen LogP) is 11.0. The lowest BCUT2D eigenvalue weighted by molar-refractivity contribution is -0.143. The van der Waals surface area contributed by atoms with Crippen LogP contribution in [-0.4, -0.2) is 12.6 Å². The van der Waals surface area contributed by atoms with Gasteiger partial charge < -0.3 is 4.74 Å². The van der Waals surface area contributed by atoms with E-state index in [4.69, 9.17) is 4.74 Å². The maximum Gasteiger partial charge on any atom is 0.305 e. The molecule has 34 heavy (non-hydrogen) atoms. The van der Waals surface area contributed by atoms with Crippen LogP contribution in [0.15, 0.2) is 24.3 Å². The molecule has 0 fully saturated rings. The molecule has 0 N–H and O–H groups in total. The zero-order valence-electron chi connectivity index (χ0n) is 23.3. The van der Waals surface area contributed by atoms with E-state index in [1.165, 1.54) is 128 Å². The first kappa shape index (κ1) is 33.0. The van der Waals surface area contributed by atoms with Crippen LogP contribution in [0.2, 0.25) is 0 Å². The van der Waals surface area contributed by atoms with E-state index in [-0.39, 0.29) is 5.97 Å². The molecule has 200 valence electrons. The van der Waals surface area contributed by atoms with Crippen molar-refractivity contribution >= 4 is 5.97 Å². The quantitative estimate of drug-likeness (QED) is 0.0669. The van der Waals surface area contributed by atoms with Gasteiger partial charge in [-0.15, -0.1) is 0 Å². The maximum absolute atomic E-state index is 11.8. The van der Waals surface area contributed by atoms with Crippen molar-refractivity contribution in [2.45, 2.75) is 168 Å².